The normalized spacial score (nSPS) is 13.1. The van der Waals surface area contributed by atoms with Gasteiger partial charge in [-0.1, -0.05) is 0 Å². The largest absolute Gasteiger partial charge is 0.464 e. The predicted octanol–water partition coefficient (Wildman–Crippen LogP) is 3.04. The van der Waals surface area contributed by atoms with Gasteiger partial charge in [-0.2, -0.15) is 4.98 Å². The van der Waals surface area contributed by atoms with Crippen molar-refractivity contribution in [1.82, 2.24) is 15.0 Å². The molecule has 0 bridgehead atoms. The second kappa shape index (κ2) is 6.91. The standard InChI is InChI=1S/C17H17N5O2.H2/c1-2-23-17-20-7-6-13(21-17)12-9-11(10-18)16(19)22-15(12)14-5-3-4-8-24-14;/h4-10,18H,2-3H2,1H3,(H2,19,22);1H. The minimum Gasteiger partial charge on any atom is -0.464 e. The Morgan fingerprint density at radius 1 is 1.46 bits per heavy atom. The first-order chi connectivity index (χ1) is 11.7. The molecule has 2 aromatic rings. The first kappa shape index (κ1) is 15.7. The van der Waals surface area contributed by atoms with E-state index in [4.69, 9.17) is 20.6 Å². The molecule has 0 amide bonds. The molecule has 0 aromatic carbocycles. The fraction of sp³-hybridized carbons (Fsp3) is 0.176. The van der Waals surface area contributed by atoms with Crippen LogP contribution in [-0.4, -0.2) is 27.8 Å². The van der Waals surface area contributed by atoms with Crippen LogP contribution in [-0.2, 0) is 4.74 Å². The van der Waals surface area contributed by atoms with Gasteiger partial charge in [0.05, 0.1) is 18.6 Å². The van der Waals surface area contributed by atoms with Gasteiger partial charge in [0.25, 0.3) is 0 Å². The van der Waals surface area contributed by atoms with Gasteiger partial charge in [0.1, 0.15) is 17.3 Å². The number of nitrogens with zero attached hydrogens (tertiary/aromatic N) is 3. The van der Waals surface area contributed by atoms with E-state index >= 15 is 0 Å². The van der Waals surface area contributed by atoms with E-state index in [1.165, 1.54) is 0 Å². The molecule has 7 heteroatoms. The lowest BCUT2D eigenvalue weighted by Crippen LogP contribution is -2.06. The Bertz CT molecular complexity index is 836. The molecule has 0 fully saturated rings. The number of nitrogen functional groups attached to an aromatic ring is 1. The first-order valence-electron chi connectivity index (χ1n) is 7.52. The van der Waals surface area contributed by atoms with Crippen molar-refractivity contribution in [2.75, 3.05) is 12.3 Å². The molecule has 0 radical (unpaired) electrons. The number of nitrogens with two attached hydrogens (primary N) is 1. The van der Waals surface area contributed by atoms with Crippen molar-refractivity contribution < 1.29 is 10.9 Å². The Morgan fingerprint density at radius 2 is 2.33 bits per heavy atom. The van der Waals surface area contributed by atoms with Gasteiger partial charge < -0.3 is 20.6 Å². The van der Waals surface area contributed by atoms with Crippen LogP contribution in [0.3, 0.4) is 0 Å². The topological polar surface area (TPSA) is 107 Å². The van der Waals surface area contributed by atoms with Crippen molar-refractivity contribution in [1.29, 1.82) is 5.41 Å². The van der Waals surface area contributed by atoms with E-state index in [9.17, 15) is 0 Å². The molecule has 3 heterocycles. The van der Waals surface area contributed by atoms with Gasteiger partial charge in [0.15, 0.2) is 0 Å². The van der Waals surface area contributed by atoms with E-state index in [1.807, 2.05) is 19.1 Å². The SMILES string of the molecule is CCOc1nccc(-c2cc(C=N)c(N)nc2C2=CCC=CO2)n1.[HH]. The number of hydrogen-bond acceptors (Lipinski definition) is 7. The summed E-state index contributed by atoms with van der Waals surface area (Å²) in [5.74, 6) is 0.870. The molecule has 2 aromatic heterocycles. The average Bonchev–Trinajstić information content (AvgIpc) is 2.63. The Labute approximate surface area is 140 Å². The lowest BCUT2D eigenvalue weighted by Gasteiger charge is -2.15. The molecule has 3 rings (SSSR count). The number of allylic oxidation sites excluding steroid dienone is 2. The van der Waals surface area contributed by atoms with Crippen LogP contribution in [0.4, 0.5) is 5.82 Å². The quantitative estimate of drug-likeness (QED) is 0.818. The van der Waals surface area contributed by atoms with Gasteiger partial charge in [0, 0.05) is 25.0 Å². The molecule has 0 aliphatic carbocycles. The van der Waals surface area contributed by atoms with Crippen LogP contribution < -0.4 is 10.5 Å². The minimum absolute atomic E-state index is 0. The van der Waals surface area contributed by atoms with E-state index in [0.717, 1.165) is 12.6 Å². The summed E-state index contributed by atoms with van der Waals surface area (Å²) >= 11 is 0. The summed E-state index contributed by atoms with van der Waals surface area (Å²) in [4.78, 5) is 12.9. The molecule has 7 nitrogen and oxygen atoms in total. The lowest BCUT2D eigenvalue weighted by molar-refractivity contribution is 0.313. The predicted molar refractivity (Wildman–Crippen MR) is 93.7 cm³/mol. The number of rotatable bonds is 5. The van der Waals surface area contributed by atoms with Gasteiger partial charge >= 0.3 is 6.01 Å². The first-order valence-corrected chi connectivity index (χ1v) is 7.52. The summed E-state index contributed by atoms with van der Waals surface area (Å²) < 4.78 is 10.9. The van der Waals surface area contributed by atoms with Gasteiger partial charge in [-0.15, -0.1) is 0 Å². The molecule has 3 N–H and O–H groups in total. The Morgan fingerprint density at radius 3 is 3.04 bits per heavy atom. The zero-order valence-electron chi connectivity index (χ0n) is 13.2. The highest BCUT2D eigenvalue weighted by Crippen LogP contribution is 2.31. The summed E-state index contributed by atoms with van der Waals surface area (Å²) in [7, 11) is 0. The maximum atomic E-state index is 7.51. The third-order valence-corrected chi connectivity index (χ3v) is 3.39. The van der Waals surface area contributed by atoms with E-state index in [2.05, 4.69) is 15.0 Å². The lowest BCUT2D eigenvalue weighted by atomic mass is 10.0. The van der Waals surface area contributed by atoms with Crippen LogP contribution in [0.1, 0.15) is 26.0 Å². The summed E-state index contributed by atoms with van der Waals surface area (Å²) in [6, 6.07) is 3.81. The average molecular weight is 325 g/mol. The third-order valence-electron chi connectivity index (χ3n) is 3.39. The Hall–Kier alpha value is -3.22. The molecular formula is C17H19N5O2. The van der Waals surface area contributed by atoms with E-state index in [0.29, 0.717) is 34.9 Å². The Kier molecular flexibility index (Phi) is 4.51. The molecular weight excluding hydrogens is 306 g/mol. The van der Waals surface area contributed by atoms with Crippen LogP contribution in [0.5, 0.6) is 6.01 Å². The number of hydrogen-bond donors (Lipinski definition) is 2. The maximum absolute atomic E-state index is 7.51. The van der Waals surface area contributed by atoms with Crippen LogP contribution in [0.25, 0.3) is 17.0 Å². The van der Waals surface area contributed by atoms with Crippen molar-refractivity contribution in [3.63, 3.8) is 0 Å². The molecule has 0 atom stereocenters. The number of ether oxygens (including phenoxy) is 2. The molecule has 0 spiro atoms. The van der Waals surface area contributed by atoms with Crippen LogP contribution in [0.2, 0.25) is 0 Å². The number of pyridine rings is 1. The zero-order chi connectivity index (χ0) is 16.9. The summed E-state index contributed by atoms with van der Waals surface area (Å²) in [5.41, 5.74) is 8.35. The maximum Gasteiger partial charge on any atom is 0.316 e. The van der Waals surface area contributed by atoms with Crippen LogP contribution >= 0.6 is 0 Å². The monoisotopic (exact) mass is 325 g/mol. The highest BCUT2D eigenvalue weighted by atomic mass is 16.5. The van der Waals surface area contributed by atoms with E-state index in [1.54, 1.807) is 24.6 Å². The molecule has 24 heavy (non-hydrogen) atoms. The fourth-order valence-electron chi connectivity index (χ4n) is 2.28. The van der Waals surface area contributed by atoms with Crippen molar-refractivity contribution in [2.24, 2.45) is 0 Å². The Balaban J connectivity index is 0.00000225. The van der Waals surface area contributed by atoms with Crippen molar-refractivity contribution in [3.8, 4) is 17.3 Å². The van der Waals surface area contributed by atoms with Crippen LogP contribution in [0.15, 0.2) is 36.7 Å². The van der Waals surface area contributed by atoms with Crippen molar-refractivity contribution >= 4 is 17.8 Å². The molecule has 1 aliphatic rings. The van der Waals surface area contributed by atoms with Crippen LogP contribution in [0, 0.1) is 5.41 Å². The highest BCUT2D eigenvalue weighted by molar-refractivity contribution is 5.88. The second-order valence-corrected chi connectivity index (χ2v) is 4.95. The van der Waals surface area contributed by atoms with Crippen molar-refractivity contribution in [3.05, 3.63) is 48.0 Å². The van der Waals surface area contributed by atoms with Crippen molar-refractivity contribution in [2.45, 2.75) is 13.3 Å². The number of nitrogens with one attached hydrogen (secondary N) is 1. The smallest absolute Gasteiger partial charge is 0.316 e. The number of anilines is 1. The third kappa shape index (κ3) is 3.10. The van der Waals surface area contributed by atoms with Gasteiger partial charge in [-0.05, 0) is 37.6 Å². The fourth-order valence-corrected chi connectivity index (χ4v) is 2.28. The summed E-state index contributed by atoms with van der Waals surface area (Å²) in [6.45, 7) is 2.34. The second-order valence-electron chi connectivity index (χ2n) is 4.95. The van der Waals surface area contributed by atoms with E-state index in [-0.39, 0.29) is 13.3 Å². The molecule has 1 aliphatic heterocycles. The zero-order valence-corrected chi connectivity index (χ0v) is 13.2. The van der Waals surface area contributed by atoms with E-state index < -0.39 is 0 Å². The summed E-state index contributed by atoms with van der Waals surface area (Å²) in [5, 5.41) is 7.51. The molecule has 0 saturated heterocycles. The minimum atomic E-state index is 0. The van der Waals surface area contributed by atoms with Gasteiger partial charge in [-0.3, -0.25) is 0 Å². The molecule has 0 saturated carbocycles. The molecule has 0 unspecified atom stereocenters. The summed E-state index contributed by atoms with van der Waals surface area (Å²) in [6.07, 6.45) is 8.96. The van der Waals surface area contributed by atoms with Gasteiger partial charge in [0.2, 0.25) is 0 Å². The van der Waals surface area contributed by atoms with Gasteiger partial charge in [-0.25, -0.2) is 9.97 Å². The number of aromatic nitrogens is 3. The molecule has 124 valence electrons. The highest BCUT2D eigenvalue weighted by Gasteiger charge is 2.18.